The Balaban J connectivity index is 1.82. The highest BCUT2D eigenvalue weighted by atomic mass is 32.2. The van der Waals surface area contributed by atoms with E-state index in [-0.39, 0.29) is 42.4 Å². The Morgan fingerprint density at radius 3 is 2.05 bits per heavy atom. The topological polar surface area (TPSA) is 86.8 Å². The first-order chi connectivity index (χ1) is 17.2. The van der Waals surface area contributed by atoms with Crippen LogP contribution < -0.4 is 5.32 Å². The van der Waals surface area contributed by atoms with Crippen LogP contribution in [0.4, 0.5) is 13.2 Å². The van der Waals surface area contributed by atoms with Gasteiger partial charge in [0.15, 0.2) is 0 Å². The zero-order valence-corrected chi connectivity index (χ0v) is 22.1. The molecule has 3 rings (SSSR count). The number of hydrogen-bond donors (Lipinski definition) is 1. The molecule has 2 aromatic rings. The number of nitrogens with one attached hydrogen (secondary N) is 1. The van der Waals surface area contributed by atoms with Crippen LogP contribution in [-0.4, -0.2) is 55.1 Å². The van der Waals surface area contributed by atoms with Crippen LogP contribution in [-0.2, 0) is 37.7 Å². The molecule has 1 heterocycles. The fourth-order valence-corrected chi connectivity index (χ4v) is 5.66. The van der Waals surface area contributed by atoms with E-state index in [9.17, 15) is 31.2 Å². The standard InChI is InChI=1S/C26H32F3N3O4S/c1-5-25(3,4)20-10-12-22(13-11-20)37(35,36)32-15-14-31(18(2)33)17-23(32)24(34)30-16-19-6-8-21(9-7-19)26(27,28)29/h6-13,23H,5,14-17H2,1-4H3,(H,30,34). The zero-order valence-electron chi connectivity index (χ0n) is 21.3. The van der Waals surface area contributed by atoms with Crippen LogP contribution in [0.5, 0.6) is 0 Å². The lowest BCUT2D eigenvalue weighted by atomic mass is 9.82. The van der Waals surface area contributed by atoms with Crippen molar-refractivity contribution in [2.75, 3.05) is 19.6 Å². The number of alkyl halides is 3. The molecule has 1 N–H and O–H groups in total. The molecule has 37 heavy (non-hydrogen) atoms. The van der Waals surface area contributed by atoms with Crippen molar-refractivity contribution in [2.24, 2.45) is 0 Å². The van der Waals surface area contributed by atoms with Gasteiger partial charge in [0.1, 0.15) is 6.04 Å². The Hall–Kier alpha value is -2.92. The van der Waals surface area contributed by atoms with E-state index in [1.807, 2.05) is 6.92 Å². The van der Waals surface area contributed by atoms with Gasteiger partial charge in [-0.25, -0.2) is 8.42 Å². The maximum atomic E-state index is 13.6. The molecule has 202 valence electrons. The van der Waals surface area contributed by atoms with Crippen molar-refractivity contribution in [3.63, 3.8) is 0 Å². The molecule has 0 aromatic heterocycles. The average Bonchev–Trinajstić information content (AvgIpc) is 2.86. The summed E-state index contributed by atoms with van der Waals surface area (Å²) in [5, 5.41) is 2.61. The highest BCUT2D eigenvalue weighted by molar-refractivity contribution is 7.89. The van der Waals surface area contributed by atoms with Gasteiger partial charge in [-0.3, -0.25) is 9.59 Å². The summed E-state index contributed by atoms with van der Waals surface area (Å²) in [6.45, 7) is 7.36. The molecule has 11 heteroatoms. The number of hydrogen-bond acceptors (Lipinski definition) is 4. The normalized spacial score (nSPS) is 17.5. The molecule has 0 aliphatic carbocycles. The van der Waals surface area contributed by atoms with Crippen molar-refractivity contribution in [2.45, 2.75) is 63.2 Å². The molecular formula is C26H32F3N3O4S. The van der Waals surface area contributed by atoms with Gasteiger partial charge < -0.3 is 10.2 Å². The summed E-state index contributed by atoms with van der Waals surface area (Å²) in [4.78, 5) is 26.6. The van der Waals surface area contributed by atoms with Gasteiger partial charge in [0.05, 0.1) is 10.5 Å². The molecule has 2 amide bonds. The molecular weight excluding hydrogens is 507 g/mol. The molecule has 1 unspecified atom stereocenters. The van der Waals surface area contributed by atoms with Crippen molar-refractivity contribution in [3.05, 3.63) is 65.2 Å². The van der Waals surface area contributed by atoms with E-state index >= 15 is 0 Å². The lowest BCUT2D eigenvalue weighted by molar-refractivity contribution is -0.138. The van der Waals surface area contributed by atoms with E-state index in [0.717, 1.165) is 28.4 Å². The van der Waals surface area contributed by atoms with Gasteiger partial charge in [0, 0.05) is 33.1 Å². The molecule has 0 saturated carbocycles. The first kappa shape index (κ1) is 28.6. The number of piperazine rings is 1. The van der Waals surface area contributed by atoms with E-state index in [1.165, 1.54) is 36.1 Å². The fourth-order valence-electron chi connectivity index (χ4n) is 4.09. The Morgan fingerprint density at radius 1 is 0.973 bits per heavy atom. The van der Waals surface area contributed by atoms with Crippen LogP contribution in [0.25, 0.3) is 0 Å². The second-order valence-corrected chi connectivity index (χ2v) is 11.7. The van der Waals surface area contributed by atoms with Crippen molar-refractivity contribution < 1.29 is 31.2 Å². The number of nitrogens with zero attached hydrogens (tertiary/aromatic N) is 2. The van der Waals surface area contributed by atoms with E-state index in [2.05, 4.69) is 19.2 Å². The average molecular weight is 540 g/mol. The summed E-state index contributed by atoms with van der Waals surface area (Å²) >= 11 is 0. The summed E-state index contributed by atoms with van der Waals surface area (Å²) in [5.74, 6) is -0.929. The van der Waals surface area contributed by atoms with E-state index in [1.54, 1.807) is 12.1 Å². The maximum Gasteiger partial charge on any atom is 0.416 e. The Kier molecular flexibility index (Phi) is 8.38. The lowest BCUT2D eigenvalue weighted by Gasteiger charge is -2.39. The fraction of sp³-hybridized carbons (Fsp3) is 0.462. The van der Waals surface area contributed by atoms with Gasteiger partial charge in [-0.15, -0.1) is 0 Å². The van der Waals surface area contributed by atoms with Crippen LogP contribution in [0, 0.1) is 0 Å². The smallest absolute Gasteiger partial charge is 0.351 e. The van der Waals surface area contributed by atoms with Gasteiger partial charge in [-0.1, -0.05) is 45.0 Å². The number of benzene rings is 2. The van der Waals surface area contributed by atoms with Crippen molar-refractivity contribution in [1.82, 2.24) is 14.5 Å². The Morgan fingerprint density at radius 2 is 1.54 bits per heavy atom. The lowest BCUT2D eigenvalue weighted by Crippen LogP contribution is -2.61. The van der Waals surface area contributed by atoms with Crippen molar-refractivity contribution in [1.29, 1.82) is 0 Å². The summed E-state index contributed by atoms with van der Waals surface area (Å²) in [6.07, 6.45) is -3.60. The Bertz CT molecular complexity index is 1230. The number of amides is 2. The minimum atomic E-state index is -4.47. The van der Waals surface area contributed by atoms with Gasteiger partial charge in [-0.2, -0.15) is 17.5 Å². The third kappa shape index (κ3) is 6.51. The van der Waals surface area contributed by atoms with Crippen LogP contribution in [0.3, 0.4) is 0 Å². The number of carbonyl (C=O) groups excluding carboxylic acids is 2. The molecule has 2 aromatic carbocycles. The minimum absolute atomic E-state index is 0.0416. The molecule has 0 radical (unpaired) electrons. The quantitative estimate of drug-likeness (QED) is 0.578. The number of halogens is 3. The van der Waals surface area contributed by atoms with Crippen LogP contribution >= 0.6 is 0 Å². The summed E-state index contributed by atoms with van der Waals surface area (Å²) < 4.78 is 66.6. The van der Waals surface area contributed by atoms with E-state index in [4.69, 9.17) is 0 Å². The summed E-state index contributed by atoms with van der Waals surface area (Å²) in [6, 6.07) is 9.72. The number of sulfonamides is 1. The molecule has 1 aliphatic heterocycles. The molecule has 7 nitrogen and oxygen atoms in total. The molecule has 1 saturated heterocycles. The minimum Gasteiger partial charge on any atom is -0.351 e. The predicted octanol–water partition coefficient (Wildman–Crippen LogP) is 3.93. The maximum absolute atomic E-state index is 13.6. The van der Waals surface area contributed by atoms with E-state index < -0.39 is 33.7 Å². The van der Waals surface area contributed by atoms with Crippen LogP contribution in [0.15, 0.2) is 53.4 Å². The molecule has 1 aliphatic rings. The third-order valence-electron chi connectivity index (χ3n) is 6.95. The largest absolute Gasteiger partial charge is 0.416 e. The molecule has 0 spiro atoms. The van der Waals surface area contributed by atoms with Gasteiger partial charge in [0.2, 0.25) is 21.8 Å². The molecule has 1 fully saturated rings. The van der Waals surface area contributed by atoms with Crippen molar-refractivity contribution in [3.8, 4) is 0 Å². The zero-order chi connectivity index (χ0) is 27.6. The number of rotatable bonds is 7. The first-order valence-corrected chi connectivity index (χ1v) is 13.4. The SMILES string of the molecule is CCC(C)(C)c1ccc(S(=O)(=O)N2CCN(C(C)=O)CC2C(=O)NCc2ccc(C(F)(F)F)cc2)cc1. The molecule has 0 bridgehead atoms. The van der Waals surface area contributed by atoms with E-state index in [0.29, 0.717) is 5.56 Å². The molecule has 1 atom stereocenters. The second-order valence-electron chi connectivity index (χ2n) is 9.77. The van der Waals surface area contributed by atoms with Crippen LogP contribution in [0.2, 0.25) is 0 Å². The highest BCUT2D eigenvalue weighted by Gasteiger charge is 2.41. The number of carbonyl (C=O) groups is 2. The summed E-state index contributed by atoms with van der Waals surface area (Å²) in [5.41, 5.74) is 0.471. The highest BCUT2D eigenvalue weighted by Crippen LogP contribution is 2.30. The third-order valence-corrected chi connectivity index (χ3v) is 8.88. The van der Waals surface area contributed by atoms with Crippen molar-refractivity contribution >= 4 is 21.8 Å². The van der Waals surface area contributed by atoms with Gasteiger partial charge in [0.25, 0.3) is 0 Å². The van der Waals surface area contributed by atoms with Gasteiger partial charge >= 0.3 is 6.18 Å². The van der Waals surface area contributed by atoms with Crippen LogP contribution in [0.1, 0.15) is 50.8 Å². The first-order valence-electron chi connectivity index (χ1n) is 12.0. The monoisotopic (exact) mass is 539 g/mol. The predicted molar refractivity (Wildman–Crippen MR) is 133 cm³/mol. The Labute approximate surface area is 215 Å². The summed E-state index contributed by atoms with van der Waals surface area (Å²) in [7, 11) is -4.07. The second kappa shape index (κ2) is 10.8. The van der Waals surface area contributed by atoms with Gasteiger partial charge in [-0.05, 0) is 47.2 Å².